The van der Waals surface area contributed by atoms with Crippen LogP contribution in [0.2, 0.25) is 0 Å². The predicted octanol–water partition coefficient (Wildman–Crippen LogP) is 4.39. The highest BCUT2D eigenvalue weighted by molar-refractivity contribution is 5.31. The Bertz CT molecular complexity index is 401. The molecule has 1 atom stereocenters. The van der Waals surface area contributed by atoms with Crippen LogP contribution in [-0.4, -0.2) is 12.7 Å². The number of halogens is 3. The lowest BCUT2D eigenvalue weighted by Crippen LogP contribution is -2.24. The molecule has 0 amide bonds. The maximum absolute atomic E-state index is 12.1. The van der Waals surface area contributed by atoms with Gasteiger partial charge in [0.25, 0.3) is 0 Å². The molecule has 1 aliphatic rings. The number of hydrogen-bond acceptors (Lipinski definition) is 1. The topological polar surface area (TPSA) is 12.0 Å². The second-order valence-electron chi connectivity index (χ2n) is 5.17. The first-order valence-electron chi connectivity index (χ1n) is 6.94. The summed E-state index contributed by atoms with van der Waals surface area (Å²) in [6.07, 6.45) is -0.192. The zero-order valence-electron chi connectivity index (χ0n) is 11.0. The van der Waals surface area contributed by atoms with Gasteiger partial charge < -0.3 is 5.32 Å². The fourth-order valence-electron chi connectivity index (χ4n) is 2.70. The van der Waals surface area contributed by atoms with E-state index in [1.54, 1.807) is 0 Å². The standard InChI is InChI=1S/C15H20F3N/c16-15(17,18)10-5-11-19-14-9-4-2-7-12-6-1-3-8-13(12)14/h1,3,6,8,14,19H,2,4-5,7,9-11H2. The summed E-state index contributed by atoms with van der Waals surface area (Å²) in [5, 5.41) is 3.29. The van der Waals surface area contributed by atoms with Crippen molar-refractivity contribution in [3.05, 3.63) is 35.4 Å². The van der Waals surface area contributed by atoms with Gasteiger partial charge in [0, 0.05) is 12.5 Å². The van der Waals surface area contributed by atoms with Crippen LogP contribution in [0, 0.1) is 0 Å². The number of hydrogen-bond donors (Lipinski definition) is 1. The van der Waals surface area contributed by atoms with E-state index in [1.807, 2.05) is 12.1 Å². The second-order valence-corrected chi connectivity index (χ2v) is 5.17. The zero-order chi connectivity index (χ0) is 13.7. The minimum atomic E-state index is -4.04. The van der Waals surface area contributed by atoms with Gasteiger partial charge in [0.1, 0.15) is 0 Å². The molecule has 0 saturated carbocycles. The molecule has 1 aliphatic carbocycles. The molecule has 0 heterocycles. The third kappa shape index (κ3) is 4.53. The van der Waals surface area contributed by atoms with E-state index in [1.165, 1.54) is 11.1 Å². The Morgan fingerprint density at radius 2 is 1.95 bits per heavy atom. The van der Waals surface area contributed by atoms with E-state index in [-0.39, 0.29) is 12.5 Å². The lowest BCUT2D eigenvalue weighted by Gasteiger charge is -2.19. The van der Waals surface area contributed by atoms with Gasteiger partial charge in [-0.15, -0.1) is 0 Å². The monoisotopic (exact) mass is 271 g/mol. The third-order valence-electron chi connectivity index (χ3n) is 3.65. The van der Waals surface area contributed by atoms with Crippen LogP contribution in [0.5, 0.6) is 0 Å². The van der Waals surface area contributed by atoms with Gasteiger partial charge in [-0.2, -0.15) is 13.2 Å². The fourth-order valence-corrected chi connectivity index (χ4v) is 2.70. The normalized spacial score (nSPS) is 19.8. The van der Waals surface area contributed by atoms with Crippen molar-refractivity contribution in [3.8, 4) is 0 Å². The van der Waals surface area contributed by atoms with Crippen molar-refractivity contribution in [2.24, 2.45) is 0 Å². The van der Waals surface area contributed by atoms with Gasteiger partial charge in [-0.25, -0.2) is 0 Å². The molecule has 0 spiro atoms. The summed E-state index contributed by atoms with van der Waals surface area (Å²) in [6, 6.07) is 8.49. The number of rotatable bonds is 4. The van der Waals surface area contributed by atoms with E-state index in [0.29, 0.717) is 6.54 Å². The van der Waals surface area contributed by atoms with Crippen molar-refractivity contribution in [2.75, 3.05) is 6.54 Å². The van der Waals surface area contributed by atoms with Crippen molar-refractivity contribution in [3.63, 3.8) is 0 Å². The van der Waals surface area contributed by atoms with Crippen molar-refractivity contribution in [1.82, 2.24) is 5.32 Å². The molecule has 106 valence electrons. The molecular weight excluding hydrogens is 251 g/mol. The first-order valence-corrected chi connectivity index (χ1v) is 6.94. The van der Waals surface area contributed by atoms with Gasteiger partial charge in [-0.05, 0) is 43.4 Å². The smallest absolute Gasteiger partial charge is 0.310 e. The molecule has 0 aliphatic heterocycles. The zero-order valence-corrected chi connectivity index (χ0v) is 11.0. The van der Waals surface area contributed by atoms with Crippen molar-refractivity contribution >= 4 is 0 Å². The Morgan fingerprint density at radius 1 is 1.16 bits per heavy atom. The Balaban J connectivity index is 1.90. The van der Waals surface area contributed by atoms with Crippen LogP contribution >= 0.6 is 0 Å². The fraction of sp³-hybridized carbons (Fsp3) is 0.600. The average molecular weight is 271 g/mol. The lowest BCUT2D eigenvalue weighted by molar-refractivity contribution is -0.135. The summed E-state index contributed by atoms with van der Waals surface area (Å²) in [7, 11) is 0. The number of aryl methyl sites for hydroxylation is 1. The van der Waals surface area contributed by atoms with E-state index in [9.17, 15) is 13.2 Å². The highest BCUT2D eigenvalue weighted by Gasteiger charge is 2.26. The molecule has 0 radical (unpaired) electrons. The molecule has 0 fully saturated rings. The molecule has 2 rings (SSSR count). The van der Waals surface area contributed by atoms with E-state index < -0.39 is 12.6 Å². The summed E-state index contributed by atoms with van der Waals surface area (Å²) in [6.45, 7) is 0.429. The molecule has 0 saturated heterocycles. The van der Waals surface area contributed by atoms with Gasteiger partial charge >= 0.3 is 6.18 Å². The van der Waals surface area contributed by atoms with E-state index in [0.717, 1.165) is 25.7 Å². The van der Waals surface area contributed by atoms with Crippen molar-refractivity contribution < 1.29 is 13.2 Å². The van der Waals surface area contributed by atoms with Crippen LogP contribution in [0.1, 0.15) is 49.3 Å². The minimum Gasteiger partial charge on any atom is -0.310 e. The molecule has 1 aromatic rings. The quantitative estimate of drug-likeness (QED) is 0.632. The molecule has 0 aromatic heterocycles. The SMILES string of the molecule is FC(F)(F)CCCNC1CCCCc2ccccc21. The average Bonchev–Trinajstić information content (AvgIpc) is 2.56. The summed E-state index contributed by atoms with van der Waals surface area (Å²) in [4.78, 5) is 0. The number of benzene rings is 1. The number of fused-ring (bicyclic) bond motifs is 1. The molecule has 1 nitrogen and oxygen atoms in total. The number of alkyl halides is 3. The van der Waals surface area contributed by atoms with E-state index in [4.69, 9.17) is 0 Å². The Labute approximate surface area is 112 Å². The molecular formula is C15H20F3N. The minimum absolute atomic E-state index is 0.155. The third-order valence-corrected chi connectivity index (χ3v) is 3.65. The molecule has 4 heteroatoms. The van der Waals surface area contributed by atoms with Crippen LogP contribution in [0.15, 0.2) is 24.3 Å². The van der Waals surface area contributed by atoms with Gasteiger partial charge in [-0.3, -0.25) is 0 Å². The summed E-state index contributed by atoms with van der Waals surface area (Å²) in [5.74, 6) is 0. The molecule has 19 heavy (non-hydrogen) atoms. The predicted molar refractivity (Wildman–Crippen MR) is 70.0 cm³/mol. The van der Waals surface area contributed by atoms with Crippen molar-refractivity contribution in [1.29, 1.82) is 0 Å². The molecule has 1 unspecified atom stereocenters. The summed E-state index contributed by atoms with van der Waals surface area (Å²) >= 11 is 0. The first-order chi connectivity index (χ1) is 9.06. The Kier molecular flexibility index (Phi) is 4.86. The largest absolute Gasteiger partial charge is 0.389 e. The second kappa shape index (κ2) is 6.42. The molecule has 1 aromatic carbocycles. The van der Waals surface area contributed by atoms with E-state index >= 15 is 0 Å². The van der Waals surface area contributed by atoms with Crippen molar-refractivity contribution in [2.45, 2.75) is 50.7 Å². The van der Waals surface area contributed by atoms with Crippen LogP contribution in [0.3, 0.4) is 0 Å². The van der Waals surface area contributed by atoms with Gasteiger partial charge in [-0.1, -0.05) is 30.7 Å². The van der Waals surface area contributed by atoms with Crippen LogP contribution < -0.4 is 5.32 Å². The maximum Gasteiger partial charge on any atom is 0.389 e. The van der Waals surface area contributed by atoms with E-state index in [2.05, 4.69) is 17.4 Å². The Hall–Kier alpha value is -1.03. The van der Waals surface area contributed by atoms with Crippen LogP contribution in [-0.2, 0) is 6.42 Å². The summed E-state index contributed by atoms with van der Waals surface area (Å²) < 4.78 is 36.3. The first kappa shape index (κ1) is 14.4. The van der Waals surface area contributed by atoms with Crippen LogP contribution in [0.4, 0.5) is 13.2 Å². The van der Waals surface area contributed by atoms with Gasteiger partial charge in [0.15, 0.2) is 0 Å². The van der Waals surface area contributed by atoms with Crippen LogP contribution in [0.25, 0.3) is 0 Å². The summed E-state index contributed by atoms with van der Waals surface area (Å²) in [5.41, 5.74) is 2.61. The maximum atomic E-state index is 12.1. The molecule has 1 N–H and O–H groups in total. The highest BCUT2D eigenvalue weighted by Crippen LogP contribution is 2.28. The number of nitrogens with one attached hydrogen (secondary N) is 1. The van der Waals surface area contributed by atoms with Gasteiger partial charge in [0.2, 0.25) is 0 Å². The van der Waals surface area contributed by atoms with Gasteiger partial charge in [0.05, 0.1) is 0 Å². The highest BCUT2D eigenvalue weighted by atomic mass is 19.4. The Morgan fingerprint density at radius 3 is 2.74 bits per heavy atom. The molecule has 0 bridgehead atoms. The lowest BCUT2D eigenvalue weighted by atomic mass is 9.99.